The Labute approximate surface area is 155 Å². The average Bonchev–Trinajstić information content (AvgIpc) is 3.26. The van der Waals surface area contributed by atoms with Gasteiger partial charge in [0, 0.05) is 32.2 Å². The number of anilines is 1. The Kier molecular flexibility index (Phi) is 5.16. The molecular weight excluding hydrogens is 351 g/mol. The van der Waals surface area contributed by atoms with Crippen LogP contribution < -0.4 is 16.1 Å². The van der Waals surface area contributed by atoms with E-state index in [1.54, 1.807) is 0 Å². The number of halogens is 1. The second kappa shape index (κ2) is 7.53. The molecule has 2 aliphatic rings. The fraction of sp³-hybridized carbons (Fsp3) is 0.389. The van der Waals surface area contributed by atoms with E-state index >= 15 is 0 Å². The molecule has 0 radical (unpaired) electrons. The molecule has 0 saturated heterocycles. The van der Waals surface area contributed by atoms with Gasteiger partial charge in [-0.1, -0.05) is 0 Å². The molecule has 27 heavy (non-hydrogen) atoms. The first kappa shape index (κ1) is 18.5. The summed E-state index contributed by atoms with van der Waals surface area (Å²) < 4.78 is 13.1. The van der Waals surface area contributed by atoms with Crippen LogP contribution in [-0.4, -0.2) is 35.8 Å². The molecule has 1 unspecified atom stereocenters. The highest BCUT2D eigenvalue weighted by molar-refractivity contribution is 6.40. The summed E-state index contributed by atoms with van der Waals surface area (Å²) in [6.45, 7) is 0.354. The lowest BCUT2D eigenvalue weighted by Gasteiger charge is -2.20. The van der Waals surface area contributed by atoms with Crippen LogP contribution in [0.1, 0.15) is 25.7 Å². The van der Waals surface area contributed by atoms with Crippen LogP contribution in [0.25, 0.3) is 0 Å². The van der Waals surface area contributed by atoms with E-state index in [2.05, 4.69) is 26.6 Å². The number of nitrogens with two attached hydrogens (primary N) is 1. The number of hydrogen-bond acceptors (Lipinski definition) is 6. The first-order valence-corrected chi connectivity index (χ1v) is 8.51. The third-order valence-corrected chi connectivity index (χ3v) is 4.46. The highest BCUT2D eigenvalue weighted by atomic mass is 19.1. The van der Waals surface area contributed by atoms with Crippen molar-refractivity contribution in [1.82, 2.24) is 5.32 Å². The first-order chi connectivity index (χ1) is 12.9. The van der Waals surface area contributed by atoms with Crippen molar-refractivity contribution in [3.8, 4) is 12.3 Å². The summed E-state index contributed by atoms with van der Waals surface area (Å²) in [6, 6.07) is 4.65. The molecule has 0 aromatic heterocycles. The van der Waals surface area contributed by atoms with E-state index in [0.717, 1.165) is 0 Å². The molecule has 0 fully saturated rings. The molecule has 8 nitrogen and oxygen atoms in total. The van der Waals surface area contributed by atoms with Crippen LogP contribution in [0.4, 0.5) is 10.1 Å². The Hall–Kier alpha value is -3.28. The largest absolute Gasteiger partial charge is 0.368 e. The van der Waals surface area contributed by atoms with Crippen molar-refractivity contribution in [1.29, 1.82) is 0 Å². The van der Waals surface area contributed by atoms with Crippen LogP contribution in [-0.2, 0) is 9.59 Å². The molecule has 2 heterocycles. The standard InChI is InChI=1S/C18H19FN6O2/c1-2-3-8-18(23-24-18)9-10-21-17(27)14-11-15(16(20)26)25(22-14)13-6-4-12(19)5-7-13/h1,4-7,15H,3,8-11H2,(H2,20,26)(H,21,27). The van der Waals surface area contributed by atoms with Gasteiger partial charge in [0.25, 0.3) is 5.91 Å². The number of hydrogen-bond donors (Lipinski definition) is 2. The van der Waals surface area contributed by atoms with Gasteiger partial charge >= 0.3 is 0 Å². The van der Waals surface area contributed by atoms with E-state index in [4.69, 9.17) is 12.2 Å². The van der Waals surface area contributed by atoms with E-state index in [-0.39, 0.29) is 12.1 Å². The summed E-state index contributed by atoms with van der Waals surface area (Å²) in [7, 11) is 0. The van der Waals surface area contributed by atoms with Crippen molar-refractivity contribution < 1.29 is 14.0 Å². The molecule has 9 heteroatoms. The van der Waals surface area contributed by atoms with Crippen molar-refractivity contribution >= 4 is 23.2 Å². The summed E-state index contributed by atoms with van der Waals surface area (Å²) in [4.78, 5) is 24.1. The number of benzene rings is 1. The lowest BCUT2D eigenvalue weighted by atomic mass is 10.0. The van der Waals surface area contributed by atoms with E-state index in [9.17, 15) is 14.0 Å². The predicted molar refractivity (Wildman–Crippen MR) is 97.2 cm³/mol. The minimum atomic E-state index is -0.799. The number of carbonyl (C=O) groups excluding carboxylic acids is 2. The zero-order chi connectivity index (χ0) is 19.4. The van der Waals surface area contributed by atoms with Gasteiger partial charge in [-0.15, -0.1) is 12.3 Å². The van der Waals surface area contributed by atoms with Crippen molar-refractivity contribution in [2.45, 2.75) is 37.4 Å². The van der Waals surface area contributed by atoms with Crippen molar-refractivity contribution in [2.75, 3.05) is 11.6 Å². The van der Waals surface area contributed by atoms with E-state index in [0.29, 0.717) is 31.5 Å². The quantitative estimate of drug-likeness (QED) is 0.673. The third kappa shape index (κ3) is 4.28. The number of hydrazone groups is 1. The Bertz CT molecular complexity index is 836. The smallest absolute Gasteiger partial charge is 0.267 e. The topological polar surface area (TPSA) is 113 Å². The number of primary amides is 1. The van der Waals surface area contributed by atoms with Crippen molar-refractivity contribution in [2.24, 2.45) is 21.1 Å². The maximum atomic E-state index is 13.1. The van der Waals surface area contributed by atoms with Crippen LogP contribution in [0.2, 0.25) is 0 Å². The number of carbonyl (C=O) groups is 2. The van der Waals surface area contributed by atoms with Crippen LogP contribution >= 0.6 is 0 Å². The number of terminal acetylenes is 1. The van der Waals surface area contributed by atoms with Crippen LogP contribution in [0.5, 0.6) is 0 Å². The minimum absolute atomic E-state index is 0.0789. The van der Waals surface area contributed by atoms with Gasteiger partial charge in [-0.2, -0.15) is 15.3 Å². The zero-order valence-corrected chi connectivity index (χ0v) is 14.6. The molecule has 3 rings (SSSR count). The second-order valence-electron chi connectivity index (χ2n) is 6.38. The zero-order valence-electron chi connectivity index (χ0n) is 14.6. The Morgan fingerprint density at radius 1 is 1.33 bits per heavy atom. The average molecular weight is 370 g/mol. The van der Waals surface area contributed by atoms with Crippen LogP contribution in [0, 0.1) is 18.2 Å². The summed E-state index contributed by atoms with van der Waals surface area (Å²) >= 11 is 0. The fourth-order valence-corrected chi connectivity index (χ4v) is 2.85. The van der Waals surface area contributed by atoms with Gasteiger partial charge in [-0.3, -0.25) is 14.6 Å². The second-order valence-corrected chi connectivity index (χ2v) is 6.38. The molecule has 3 N–H and O–H groups in total. The molecule has 0 saturated carbocycles. The summed E-state index contributed by atoms with van der Waals surface area (Å²) in [5, 5.41) is 16.3. The van der Waals surface area contributed by atoms with Crippen molar-refractivity contribution in [3.05, 3.63) is 30.1 Å². The SMILES string of the molecule is C#CCCC1(CCNC(=O)C2=NN(c3ccc(F)cc3)C(C(N)=O)C2)N=N1. The summed E-state index contributed by atoms with van der Waals surface area (Å²) in [6.07, 6.45) is 7.10. The molecule has 140 valence electrons. The maximum absolute atomic E-state index is 13.1. The molecule has 0 bridgehead atoms. The molecule has 2 aliphatic heterocycles. The molecule has 0 aliphatic carbocycles. The highest BCUT2D eigenvalue weighted by Crippen LogP contribution is 2.36. The Morgan fingerprint density at radius 3 is 2.63 bits per heavy atom. The van der Waals surface area contributed by atoms with Gasteiger partial charge in [0.15, 0.2) is 5.66 Å². The Balaban J connectivity index is 1.61. The van der Waals surface area contributed by atoms with Crippen LogP contribution in [0.15, 0.2) is 39.6 Å². The summed E-state index contributed by atoms with van der Waals surface area (Å²) in [5.41, 5.74) is 5.61. The van der Waals surface area contributed by atoms with Gasteiger partial charge in [0.05, 0.1) is 5.69 Å². The maximum Gasteiger partial charge on any atom is 0.267 e. The first-order valence-electron chi connectivity index (χ1n) is 8.51. The van der Waals surface area contributed by atoms with E-state index < -0.39 is 29.3 Å². The van der Waals surface area contributed by atoms with Crippen molar-refractivity contribution in [3.63, 3.8) is 0 Å². The lowest BCUT2D eigenvalue weighted by Crippen LogP contribution is -2.40. The third-order valence-electron chi connectivity index (χ3n) is 4.46. The van der Waals surface area contributed by atoms with Gasteiger partial charge < -0.3 is 11.1 Å². The molecule has 2 amide bonds. The van der Waals surface area contributed by atoms with Gasteiger partial charge in [-0.05, 0) is 24.3 Å². The summed E-state index contributed by atoms with van der Waals surface area (Å²) in [5.74, 6) is 1.13. The predicted octanol–water partition coefficient (Wildman–Crippen LogP) is 1.33. The van der Waals surface area contributed by atoms with Gasteiger partial charge in [0.1, 0.15) is 17.6 Å². The number of nitrogens with one attached hydrogen (secondary N) is 1. The molecule has 1 atom stereocenters. The highest BCUT2D eigenvalue weighted by Gasteiger charge is 2.39. The van der Waals surface area contributed by atoms with Gasteiger partial charge in [-0.25, -0.2) is 4.39 Å². The molecular formula is C18H19FN6O2. The van der Waals surface area contributed by atoms with Crippen LogP contribution in [0.3, 0.4) is 0 Å². The number of rotatable bonds is 8. The van der Waals surface area contributed by atoms with E-state index in [1.165, 1.54) is 29.3 Å². The monoisotopic (exact) mass is 370 g/mol. The minimum Gasteiger partial charge on any atom is -0.368 e. The number of amides is 2. The molecule has 1 aromatic carbocycles. The molecule has 0 spiro atoms. The Morgan fingerprint density at radius 2 is 2.04 bits per heavy atom. The fourth-order valence-electron chi connectivity index (χ4n) is 2.85. The normalized spacial score (nSPS) is 19.3. The number of nitrogens with zero attached hydrogens (tertiary/aromatic N) is 4. The molecule has 1 aromatic rings. The lowest BCUT2D eigenvalue weighted by molar-refractivity contribution is -0.119. The van der Waals surface area contributed by atoms with E-state index in [1.807, 2.05) is 0 Å². The van der Waals surface area contributed by atoms with Gasteiger partial charge in [0.2, 0.25) is 5.91 Å².